The maximum absolute atomic E-state index is 10.4. The molecule has 8 nitrogen and oxygen atoms in total. The second-order valence-corrected chi connectivity index (χ2v) is 5.04. The Morgan fingerprint density at radius 3 is 2.18 bits per heavy atom. The number of aromatic hydroxyl groups is 1. The van der Waals surface area contributed by atoms with Crippen LogP contribution in [-0.4, -0.2) is 67.3 Å². The van der Waals surface area contributed by atoms with Crippen LogP contribution in [0.5, 0.6) is 5.75 Å². The Balaban J connectivity index is 0.000000235. The quantitative estimate of drug-likeness (QED) is 0.391. The van der Waals surface area contributed by atoms with E-state index < -0.39 is 36.7 Å². The number of benzene rings is 1. The minimum atomic E-state index is -1.81. The first-order valence-corrected chi connectivity index (χ1v) is 6.59. The number of aliphatic hydroxyl groups is 4. The van der Waals surface area contributed by atoms with Gasteiger partial charge in [0.2, 0.25) is 0 Å². The summed E-state index contributed by atoms with van der Waals surface area (Å²) in [5, 5.41) is 53.8. The van der Waals surface area contributed by atoms with E-state index in [-0.39, 0.29) is 5.75 Å². The van der Waals surface area contributed by atoms with Crippen molar-refractivity contribution in [2.24, 2.45) is 0 Å². The van der Waals surface area contributed by atoms with E-state index in [1.54, 1.807) is 12.1 Å². The number of hydrogen-bond donors (Lipinski definition) is 6. The lowest BCUT2D eigenvalue weighted by atomic mass is 9.99. The summed E-state index contributed by atoms with van der Waals surface area (Å²) in [7, 11) is 0. The average Bonchev–Trinajstić information content (AvgIpc) is 2.46. The van der Waals surface area contributed by atoms with Gasteiger partial charge in [0.15, 0.2) is 12.4 Å². The Morgan fingerprint density at radius 2 is 1.73 bits per heavy atom. The van der Waals surface area contributed by atoms with E-state index in [1.807, 2.05) is 13.0 Å². The summed E-state index contributed by atoms with van der Waals surface area (Å²) >= 11 is 5.63. The van der Waals surface area contributed by atoms with Crippen LogP contribution in [0.1, 0.15) is 5.56 Å². The van der Waals surface area contributed by atoms with Gasteiger partial charge in [0, 0.05) is 0 Å². The molecule has 1 fully saturated rings. The molecule has 1 aromatic carbocycles. The molecule has 1 aliphatic heterocycles. The van der Waals surface area contributed by atoms with Crippen molar-refractivity contribution in [2.45, 2.75) is 37.6 Å². The number of carbonyl (C=O) groups is 1. The third-order valence-corrected chi connectivity index (χ3v) is 3.49. The van der Waals surface area contributed by atoms with Crippen molar-refractivity contribution >= 4 is 17.6 Å². The van der Waals surface area contributed by atoms with E-state index in [0.717, 1.165) is 5.56 Å². The van der Waals surface area contributed by atoms with Gasteiger partial charge in [-0.3, -0.25) is 0 Å². The Hall–Kier alpha value is -1.42. The summed E-state index contributed by atoms with van der Waals surface area (Å²) in [6, 6.07) is 5.17. The molecule has 1 aliphatic rings. The fourth-order valence-corrected chi connectivity index (χ4v) is 1.82. The van der Waals surface area contributed by atoms with Crippen molar-refractivity contribution in [1.82, 2.24) is 0 Å². The van der Waals surface area contributed by atoms with Crippen LogP contribution in [0.15, 0.2) is 18.2 Å². The summed E-state index contributed by atoms with van der Waals surface area (Å²) in [6.45, 7) is 1.85. The van der Waals surface area contributed by atoms with Crippen molar-refractivity contribution < 1.29 is 40.2 Å². The number of hydrogen-bond acceptors (Lipinski definition) is 7. The Morgan fingerprint density at radius 1 is 1.14 bits per heavy atom. The normalized spacial score (nSPS) is 31.1. The van der Waals surface area contributed by atoms with Crippen LogP contribution in [0.4, 0.5) is 0 Å². The number of aliphatic carboxylic acids is 1. The van der Waals surface area contributed by atoms with Gasteiger partial charge in [-0.25, -0.2) is 4.79 Å². The largest absolute Gasteiger partial charge is 0.506 e. The third kappa shape index (κ3) is 4.29. The lowest BCUT2D eigenvalue weighted by Gasteiger charge is -2.36. The molecule has 5 atom stereocenters. The second kappa shape index (κ2) is 7.73. The van der Waals surface area contributed by atoms with Gasteiger partial charge in [-0.1, -0.05) is 23.7 Å². The maximum atomic E-state index is 10.4. The monoisotopic (exact) mass is 336 g/mol. The van der Waals surface area contributed by atoms with Gasteiger partial charge in [-0.05, 0) is 18.6 Å². The molecule has 1 aromatic rings. The van der Waals surface area contributed by atoms with Gasteiger partial charge in [0.1, 0.15) is 24.1 Å². The number of ether oxygens (including phenoxy) is 1. The van der Waals surface area contributed by atoms with Crippen molar-refractivity contribution in [2.75, 3.05) is 0 Å². The first-order chi connectivity index (χ1) is 10.2. The van der Waals surface area contributed by atoms with Crippen LogP contribution < -0.4 is 0 Å². The minimum absolute atomic E-state index is 0.150. The van der Waals surface area contributed by atoms with Crippen LogP contribution in [0, 0.1) is 6.92 Å². The first-order valence-electron chi connectivity index (χ1n) is 6.21. The number of carboxylic acid groups (broad SMARTS) is 1. The molecule has 0 radical (unpaired) electrons. The highest BCUT2D eigenvalue weighted by Gasteiger charge is 2.46. The highest BCUT2D eigenvalue weighted by atomic mass is 35.5. The molecule has 0 bridgehead atoms. The highest BCUT2D eigenvalue weighted by molar-refractivity contribution is 6.32. The third-order valence-electron chi connectivity index (χ3n) is 3.00. The molecule has 9 heteroatoms. The molecular formula is C13H17ClO8. The summed E-state index contributed by atoms with van der Waals surface area (Å²) in [4.78, 5) is 10.4. The molecule has 0 aromatic heterocycles. The standard InChI is InChI=1S/C7H7ClO.C6H10O7/c1-5-3-2-4-6(9)7(5)8;7-1-2(8)4(5(10)11)13-6(12)3(1)9/h2-4,9H,1H3;1-4,6-9,12H,(H,10,11)/t;1-,2-,3+,4-,6+/m.0/s1. The molecule has 0 spiro atoms. The van der Waals surface area contributed by atoms with Gasteiger partial charge in [0.05, 0.1) is 5.02 Å². The van der Waals surface area contributed by atoms with Crippen molar-refractivity contribution in [3.63, 3.8) is 0 Å². The van der Waals surface area contributed by atoms with E-state index in [9.17, 15) is 4.79 Å². The average molecular weight is 337 g/mol. The molecular weight excluding hydrogens is 320 g/mol. The number of phenols is 1. The Bertz CT molecular complexity index is 503. The molecule has 0 amide bonds. The van der Waals surface area contributed by atoms with E-state index in [4.69, 9.17) is 42.2 Å². The van der Waals surface area contributed by atoms with Crippen molar-refractivity contribution in [1.29, 1.82) is 0 Å². The first kappa shape index (κ1) is 18.6. The number of aliphatic hydroxyl groups excluding tert-OH is 4. The highest BCUT2D eigenvalue weighted by Crippen LogP contribution is 2.25. The van der Waals surface area contributed by atoms with E-state index >= 15 is 0 Å². The van der Waals surface area contributed by atoms with E-state index in [2.05, 4.69) is 4.74 Å². The molecule has 0 aliphatic carbocycles. The predicted molar refractivity (Wildman–Crippen MR) is 74.4 cm³/mol. The zero-order valence-corrected chi connectivity index (χ0v) is 12.3. The van der Waals surface area contributed by atoms with Gasteiger partial charge >= 0.3 is 5.97 Å². The number of rotatable bonds is 1. The van der Waals surface area contributed by atoms with Crippen LogP contribution in [0.25, 0.3) is 0 Å². The molecule has 0 unspecified atom stereocenters. The van der Waals surface area contributed by atoms with E-state index in [0.29, 0.717) is 5.02 Å². The summed E-state index contributed by atoms with van der Waals surface area (Å²) in [5.41, 5.74) is 0.900. The molecule has 6 N–H and O–H groups in total. The molecule has 1 heterocycles. The zero-order valence-electron chi connectivity index (χ0n) is 11.5. The number of phenolic OH excluding ortho intramolecular Hbond substituents is 1. The smallest absolute Gasteiger partial charge is 0.335 e. The zero-order chi connectivity index (χ0) is 17.0. The molecule has 124 valence electrons. The molecule has 1 saturated heterocycles. The Kier molecular flexibility index (Phi) is 6.54. The molecule has 2 rings (SSSR count). The SMILES string of the molecule is Cc1cccc(O)c1Cl.O=C(O)[C@H]1O[C@@H](O)[C@H](O)[C@@H](O)[C@@H]1O. The van der Waals surface area contributed by atoms with Gasteiger partial charge in [0.25, 0.3) is 0 Å². The van der Waals surface area contributed by atoms with Gasteiger partial charge < -0.3 is 35.4 Å². The minimum Gasteiger partial charge on any atom is -0.506 e. The molecule has 0 saturated carbocycles. The van der Waals surface area contributed by atoms with Gasteiger partial charge in [-0.2, -0.15) is 0 Å². The topological polar surface area (TPSA) is 148 Å². The predicted octanol–water partition coefficient (Wildman–Crippen LogP) is -0.775. The van der Waals surface area contributed by atoms with Crippen LogP contribution in [0.3, 0.4) is 0 Å². The van der Waals surface area contributed by atoms with Crippen molar-refractivity contribution in [3.8, 4) is 5.75 Å². The summed E-state index contributed by atoms with van der Waals surface area (Å²) in [5.74, 6) is -1.37. The van der Waals surface area contributed by atoms with Gasteiger partial charge in [-0.15, -0.1) is 0 Å². The van der Waals surface area contributed by atoms with Crippen molar-refractivity contribution in [3.05, 3.63) is 28.8 Å². The molecule has 22 heavy (non-hydrogen) atoms. The fourth-order valence-electron chi connectivity index (χ4n) is 1.70. The number of carboxylic acids is 1. The summed E-state index contributed by atoms with van der Waals surface area (Å²) < 4.78 is 4.34. The fraction of sp³-hybridized carbons (Fsp3) is 0.462. The van der Waals surface area contributed by atoms with Crippen LogP contribution in [-0.2, 0) is 9.53 Å². The van der Waals surface area contributed by atoms with Crippen LogP contribution in [0.2, 0.25) is 5.02 Å². The van der Waals surface area contributed by atoms with Crippen LogP contribution >= 0.6 is 11.6 Å². The number of halogens is 1. The second-order valence-electron chi connectivity index (χ2n) is 4.67. The lowest BCUT2D eigenvalue weighted by molar-refractivity contribution is -0.279. The lowest BCUT2D eigenvalue weighted by Crippen LogP contribution is -2.59. The van der Waals surface area contributed by atoms with E-state index in [1.165, 1.54) is 0 Å². The maximum Gasteiger partial charge on any atom is 0.335 e. The Labute approximate surface area is 130 Å². The summed E-state index contributed by atoms with van der Waals surface area (Å²) in [6.07, 6.45) is -8.72. The number of aryl methyl sites for hydroxylation is 1.